The standard InChI is InChI=1S/C28H29ClN8O4/c1-17-24(33-34-37(17)20-7-10-35(11-8-20)27(39)41-28(2,3)4)18-12-23(26-19(13-30)14-32-36(26)15-18)40-16-22(38)25-21(29)6-5-9-31-25/h5-6,9,12,14-15,20H,7-8,10-11,16H2,1-4H3. The Labute approximate surface area is 241 Å². The quantitative estimate of drug-likeness (QED) is 0.300. The Hall–Kier alpha value is -4.50. The first-order valence-corrected chi connectivity index (χ1v) is 13.5. The van der Waals surface area contributed by atoms with E-state index in [1.54, 1.807) is 29.3 Å². The van der Waals surface area contributed by atoms with E-state index in [-0.39, 0.29) is 35.2 Å². The smallest absolute Gasteiger partial charge is 0.410 e. The molecule has 0 N–H and O–H groups in total. The zero-order valence-corrected chi connectivity index (χ0v) is 23.9. The molecule has 1 saturated heterocycles. The number of piperidine rings is 1. The van der Waals surface area contributed by atoms with E-state index in [1.807, 2.05) is 32.4 Å². The largest absolute Gasteiger partial charge is 0.483 e. The zero-order chi connectivity index (χ0) is 29.3. The third kappa shape index (κ3) is 5.85. The predicted octanol–water partition coefficient (Wildman–Crippen LogP) is 4.66. The van der Waals surface area contributed by atoms with Crippen molar-refractivity contribution in [3.8, 4) is 23.1 Å². The molecule has 12 nitrogen and oxygen atoms in total. The van der Waals surface area contributed by atoms with E-state index in [9.17, 15) is 14.9 Å². The normalized spacial score (nSPS) is 14.2. The van der Waals surface area contributed by atoms with Crippen molar-refractivity contribution in [2.45, 2.75) is 52.2 Å². The number of rotatable bonds is 6. The molecule has 41 heavy (non-hydrogen) atoms. The topological polar surface area (TPSA) is 141 Å². The molecule has 4 aromatic heterocycles. The fourth-order valence-electron chi connectivity index (χ4n) is 4.78. The van der Waals surface area contributed by atoms with Gasteiger partial charge in [0.15, 0.2) is 6.61 Å². The Bertz CT molecular complexity index is 1660. The van der Waals surface area contributed by atoms with Crippen molar-refractivity contribution < 1.29 is 19.1 Å². The molecule has 13 heteroatoms. The van der Waals surface area contributed by atoms with E-state index >= 15 is 0 Å². The summed E-state index contributed by atoms with van der Waals surface area (Å²) < 4.78 is 14.8. The monoisotopic (exact) mass is 576 g/mol. The number of ketones is 1. The van der Waals surface area contributed by atoms with E-state index in [1.165, 1.54) is 16.9 Å². The number of carbonyl (C=O) groups is 2. The molecule has 0 spiro atoms. The highest BCUT2D eigenvalue weighted by Crippen LogP contribution is 2.33. The van der Waals surface area contributed by atoms with Gasteiger partial charge in [0.1, 0.15) is 39.9 Å². The third-order valence-corrected chi connectivity index (χ3v) is 7.05. The number of carbonyl (C=O) groups excluding carboxylic acids is 2. The molecule has 1 aliphatic rings. The Balaban J connectivity index is 1.38. The van der Waals surface area contributed by atoms with E-state index in [0.29, 0.717) is 48.3 Å². The molecule has 0 radical (unpaired) electrons. The number of Topliss-reactive ketones (excluding diaryl/α,β-unsaturated/α-hetero) is 1. The number of hydrogen-bond donors (Lipinski definition) is 0. The molecule has 5 heterocycles. The minimum Gasteiger partial charge on any atom is -0.483 e. The maximum Gasteiger partial charge on any atom is 0.410 e. The summed E-state index contributed by atoms with van der Waals surface area (Å²) in [6.07, 6.45) is 5.76. The third-order valence-electron chi connectivity index (χ3n) is 6.74. The summed E-state index contributed by atoms with van der Waals surface area (Å²) >= 11 is 6.12. The Morgan fingerprint density at radius 3 is 2.68 bits per heavy atom. The zero-order valence-electron chi connectivity index (χ0n) is 23.2. The van der Waals surface area contributed by atoms with Crippen LogP contribution in [0.25, 0.3) is 16.8 Å². The maximum atomic E-state index is 12.8. The van der Waals surface area contributed by atoms with Crippen LogP contribution >= 0.6 is 11.6 Å². The number of pyridine rings is 2. The number of amides is 1. The number of nitrogens with zero attached hydrogens (tertiary/aromatic N) is 8. The lowest BCUT2D eigenvalue weighted by atomic mass is 10.0. The molecule has 1 aliphatic heterocycles. The molecule has 1 amide bonds. The highest BCUT2D eigenvalue weighted by molar-refractivity contribution is 6.33. The highest BCUT2D eigenvalue weighted by Gasteiger charge is 2.29. The lowest BCUT2D eigenvalue weighted by Gasteiger charge is -2.33. The second kappa shape index (κ2) is 11.2. The molecule has 212 valence electrons. The van der Waals surface area contributed by atoms with Crippen molar-refractivity contribution in [3.05, 3.63) is 58.8 Å². The lowest BCUT2D eigenvalue weighted by molar-refractivity contribution is 0.0183. The first-order valence-electron chi connectivity index (χ1n) is 13.1. The number of halogens is 1. The number of likely N-dealkylation sites (tertiary alicyclic amines) is 1. The number of nitriles is 1. The van der Waals surface area contributed by atoms with Crippen molar-refractivity contribution in [3.63, 3.8) is 0 Å². The van der Waals surface area contributed by atoms with Crippen LogP contribution in [0, 0.1) is 18.3 Å². The number of fused-ring (bicyclic) bond motifs is 1. The van der Waals surface area contributed by atoms with Crippen LogP contribution < -0.4 is 4.74 Å². The fourth-order valence-corrected chi connectivity index (χ4v) is 5.01. The van der Waals surface area contributed by atoms with Crippen molar-refractivity contribution in [2.24, 2.45) is 0 Å². The molecule has 0 atom stereocenters. The summed E-state index contributed by atoms with van der Waals surface area (Å²) in [7, 11) is 0. The molecule has 0 aliphatic carbocycles. The fraction of sp³-hybridized carbons (Fsp3) is 0.393. The van der Waals surface area contributed by atoms with Crippen molar-refractivity contribution >= 4 is 29.0 Å². The van der Waals surface area contributed by atoms with Gasteiger partial charge >= 0.3 is 6.09 Å². The van der Waals surface area contributed by atoms with Gasteiger partial charge in [0.25, 0.3) is 0 Å². The minimum atomic E-state index is -0.545. The molecule has 0 unspecified atom stereocenters. The molecule has 0 bridgehead atoms. The summed E-state index contributed by atoms with van der Waals surface area (Å²) in [5, 5.41) is 23.0. The molecule has 0 saturated carbocycles. The van der Waals surface area contributed by atoms with Crippen LogP contribution in [0.3, 0.4) is 0 Å². The van der Waals surface area contributed by atoms with Crippen molar-refractivity contribution in [2.75, 3.05) is 19.7 Å². The van der Waals surface area contributed by atoms with Gasteiger partial charge in [0.05, 0.1) is 23.0 Å². The number of aromatic nitrogens is 6. The van der Waals surface area contributed by atoms with E-state index < -0.39 is 11.4 Å². The maximum absolute atomic E-state index is 12.8. The average molecular weight is 577 g/mol. The van der Waals surface area contributed by atoms with Gasteiger partial charge < -0.3 is 14.4 Å². The second-order valence-electron chi connectivity index (χ2n) is 10.8. The Morgan fingerprint density at radius 2 is 2.00 bits per heavy atom. The van der Waals surface area contributed by atoms with Gasteiger partial charge in [0, 0.05) is 31.0 Å². The number of ether oxygens (including phenoxy) is 2. The highest BCUT2D eigenvalue weighted by atomic mass is 35.5. The van der Waals surface area contributed by atoms with Gasteiger partial charge in [-0.1, -0.05) is 16.8 Å². The SMILES string of the molecule is Cc1c(-c2cc(OCC(=O)c3ncccc3Cl)c3c(C#N)cnn3c2)nnn1C1CCN(C(=O)OC(C)(C)C)CC1. The first kappa shape index (κ1) is 28.0. The van der Waals surface area contributed by atoms with Gasteiger partial charge in [-0.15, -0.1) is 5.10 Å². The molecular formula is C28H29ClN8O4. The second-order valence-corrected chi connectivity index (χ2v) is 11.2. The summed E-state index contributed by atoms with van der Waals surface area (Å²) in [5.74, 6) is -0.117. The minimum absolute atomic E-state index is 0.0602. The summed E-state index contributed by atoms with van der Waals surface area (Å²) in [6, 6.07) is 7.11. The first-order chi connectivity index (χ1) is 19.6. The van der Waals surface area contributed by atoms with Gasteiger partial charge in [-0.2, -0.15) is 10.4 Å². The van der Waals surface area contributed by atoms with Gasteiger partial charge in [-0.25, -0.2) is 14.0 Å². The lowest BCUT2D eigenvalue weighted by Crippen LogP contribution is -2.42. The Morgan fingerprint density at radius 1 is 1.24 bits per heavy atom. The summed E-state index contributed by atoms with van der Waals surface area (Å²) in [6.45, 7) is 8.25. The molecule has 5 rings (SSSR count). The molecule has 1 fully saturated rings. The van der Waals surface area contributed by atoms with Crippen LogP contribution in [0.5, 0.6) is 5.75 Å². The predicted molar refractivity (Wildman–Crippen MR) is 149 cm³/mol. The van der Waals surface area contributed by atoms with Crippen LogP contribution in [0.15, 0.2) is 36.8 Å². The van der Waals surface area contributed by atoms with Gasteiger partial charge in [-0.3, -0.25) is 9.78 Å². The summed E-state index contributed by atoms with van der Waals surface area (Å²) in [4.78, 5) is 31.0. The van der Waals surface area contributed by atoms with Crippen LogP contribution in [-0.4, -0.2) is 71.7 Å². The molecule has 0 aromatic carbocycles. The average Bonchev–Trinajstić information content (AvgIpc) is 3.54. The van der Waals surface area contributed by atoms with Gasteiger partial charge in [-0.05, 0) is 58.7 Å². The van der Waals surface area contributed by atoms with E-state index in [4.69, 9.17) is 21.1 Å². The number of hydrogen-bond acceptors (Lipinski definition) is 9. The molecular weight excluding hydrogens is 548 g/mol. The van der Waals surface area contributed by atoms with Crippen LogP contribution in [-0.2, 0) is 4.74 Å². The van der Waals surface area contributed by atoms with Gasteiger partial charge in [0.2, 0.25) is 5.78 Å². The molecule has 4 aromatic rings. The van der Waals surface area contributed by atoms with Crippen LogP contribution in [0.1, 0.15) is 61.4 Å². The van der Waals surface area contributed by atoms with Crippen molar-refractivity contribution in [1.29, 1.82) is 5.26 Å². The van der Waals surface area contributed by atoms with Crippen LogP contribution in [0.2, 0.25) is 5.02 Å². The van der Waals surface area contributed by atoms with Crippen molar-refractivity contribution in [1.82, 2.24) is 34.5 Å². The Kier molecular flexibility index (Phi) is 7.64. The summed E-state index contributed by atoms with van der Waals surface area (Å²) in [5.41, 5.74) is 2.37. The van der Waals surface area contributed by atoms with Crippen LogP contribution in [0.4, 0.5) is 4.79 Å². The van der Waals surface area contributed by atoms with E-state index in [2.05, 4.69) is 26.5 Å². The van der Waals surface area contributed by atoms with E-state index in [0.717, 1.165) is 5.69 Å².